The Morgan fingerprint density at radius 1 is 0.688 bits per heavy atom. The number of Topliss-reactive ketones (excluding diaryl/α,β-unsaturated/α-hetero) is 1. The standard InChI is InChI=1S/C27H28N2O3/c1-5-19(2)25(30)20-16-21(26(31)28(3)23-12-8-6-9-13-23)18-22(17-20)27(32)29(4)24-14-10-7-11-15-24/h6-19H,5H2,1-4H3. The molecule has 0 saturated heterocycles. The van der Waals surface area contributed by atoms with E-state index >= 15 is 0 Å². The Bertz CT molecular complexity index is 1030. The average molecular weight is 429 g/mol. The van der Waals surface area contributed by atoms with Crippen LogP contribution in [-0.2, 0) is 0 Å². The molecular formula is C27H28N2O3. The van der Waals surface area contributed by atoms with Crippen molar-refractivity contribution in [2.24, 2.45) is 5.92 Å². The quantitative estimate of drug-likeness (QED) is 0.469. The number of anilines is 2. The molecule has 32 heavy (non-hydrogen) atoms. The van der Waals surface area contributed by atoms with Crippen molar-refractivity contribution in [3.05, 3.63) is 95.6 Å². The van der Waals surface area contributed by atoms with Crippen molar-refractivity contribution in [1.82, 2.24) is 0 Å². The van der Waals surface area contributed by atoms with Gasteiger partial charge in [0.1, 0.15) is 0 Å². The minimum atomic E-state index is -0.286. The summed E-state index contributed by atoms with van der Waals surface area (Å²) in [6.45, 7) is 3.79. The van der Waals surface area contributed by atoms with Crippen LogP contribution in [0.25, 0.3) is 0 Å². The first-order valence-corrected chi connectivity index (χ1v) is 10.7. The lowest BCUT2D eigenvalue weighted by molar-refractivity contribution is 0.0927. The Hall–Kier alpha value is -3.73. The Labute approximate surface area is 189 Å². The minimum Gasteiger partial charge on any atom is -0.311 e. The van der Waals surface area contributed by atoms with Crippen LogP contribution >= 0.6 is 0 Å². The van der Waals surface area contributed by atoms with Gasteiger partial charge in [0.15, 0.2) is 5.78 Å². The van der Waals surface area contributed by atoms with Gasteiger partial charge in [-0.25, -0.2) is 0 Å². The Balaban J connectivity index is 2.04. The fraction of sp³-hybridized carbons (Fsp3) is 0.222. The Kier molecular flexibility index (Phi) is 7.21. The highest BCUT2D eigenvalue weighted by atomic mass is 16.2. The molecule has 164 valence electrons. The molecule has 0 aliphatic heterocycles. The Morgan fingerprint density at radius 3 is 1.44 bits per heavy atom. The van der Waals surface area contributed by atoms with Gasteiger partial charge < -0.3 is 9.80 Å². The Morgan fingerprint density at radius 2 is 1.06 bits per heavy atom. The molecule has 0 radical (unpaired) electrons. The molecule has 0 aromatic heterocycles. The lowest BCUT2D eigenvalue weighted by Gasteiger charge is -2.21. The third-order valence-corrected chi connectivity index (χ3v) is 5.67. The van der Waals surface area contributed by atoms with Crippen LogP contribution < -0.4 is 9.80 Å². The number of benzene rings is 3. The predicted octanol–water partition coefficient (Wildman–Crippen LogP) is 5.47. The summed E-state index contributed by atoms with van der Waals surface area (Å²) in [5.41, 5.74) is 2.43. The molecule has 1 unspecified atom stereocenters. The van der Waals surface area contributed by atoms with E-state index in [1.807, 2.05) is 74.5 Å². The maximum absolute atomic E-state index is 13.3. The maximum atomic E-state index is 13.3. The third-order valence-electron chi connectivity index (χ3n) is 5.67. The van der Waals surface area contributed by atoms with Crippen LogP contribution in [0.2, 0.25) is 0 Å². The summed E-state index contributed by atoms with van der Waals surface area (Å²) in [7, 11) is 3.36. The van der Waals surface area contributed by atoms with Crippen LogP contribution in [0, 0.1) is 5.92 Å². The number of nitrogens with zero attached hydrogens (tertiary/aromatic N) is 2. The van der Waals surface area contributed by atoms with Crippen LogP contribution in [0.1, 0.15) is 51.3 Å². The van der Waals surface area contributed by atoms with Gasteiger partial charge in [0.2, 0.25) is 0 Å². The zero-order chi connectivity index (χ0) is 23.3. The van der Waals surface area contributed by atoms with E-state index in [2.05, 4.69) is 0 Å². The average Bonchev–Trinajstić information content (AvgIpc) is 2.86. The first kappa shape index (κ1) is 22.9. The normalized spacial score (nSPS) is 11.5. The molecule has 0 heterocycles. The molecule has 5 heteroatoms. The van der Waals surface area contributed by atoms with E-state index in [4.69, 9.17) is 0 Å². The molecule has 3 aromatic carbocycles. The molecule has 0 aliphatic rings. The molecule has 0 bridgehead atoms. The first-order chi connectivity index (χ1) is 15.3. The highest BCUT2D eigenvalue weighted by molar-refractivity contribution is 6.12. The van der Waals surface area contributed by atoms with Crippen molar-refractivity contribution < 1.29 is 14.4 Å². The van der Waals surface area contributed by atoms with E-state index in [9.17, 15) is 14.4 Å². The maximum Gasteiger partial charge on any atom is 0.258 e. The molecule has 1 atom stereocenters. The van der Waals surface area contributed by atoms with Gasteiger partial charge in [0.25, 0.3) is 11.8 Å². The molecule has 0 saturated carbocycles. The fourth-order valence-corrected chi connectivity index (χ4v) is 3.41. The van der Waals surface area contributed by atoms with E-state index in [-0.39, 0.29) is 23.5 Å². The van der Waals surface area contributed by atoms with Crippen molar-refractivity contribution >= 4 is 29.0 Å². The second-order valence-electron chi connectivity index (χ2n) is 7.87. The molecule has 3 rings (SSSR count). The second-order valence-corrected chi connectivity index (χ2v) is 7.87. The number of carbonyl (C=O) groups is 3. The number of para-hydroxylation sites is 2. The number of carbonyl (C=O) groups excluding carboxylic acids is 3. The van der Waals surface area contributed by atoms with Gasteiger partial charge in [-0.15, -0.1) is 0 Å². The van der Waals surface area contributed by atoms with Gasteiger partial charge in [-0.3, -0.25) is 14.4 Å². The van der Waals surface area contributed by atoms with Crippen LogP contribution in [0.3, 0.4) is 0 Å². The van der Waals surface area contributed by atoms with E-state index in [0.717, 1.165) is 11.4 Å². The summed E-state index contributed by atoms with van der Waals surface area (Å²) in [4.78, 5) is 42.5. The lowest BCUT2D eigenvalue weighted by atomic mass is 9.93. The fourth-order valence-electron chi connectivity index (χ4n) is 3.41. The molecular weight excluding hydrogens is 400 g/mol. The molecule has 3 aromatic rings. The van der Waals surface area contributed by atoms with Gasteiger partial charge >= 0.3 is 0 Å². The number of hydrogen-bond donors (Lipinski definition) is 0. The van der Waals surface area contributed by atoms with Crippen LogP contribution in [0.4, 0.5) is 11.4 Å². The highest BCUT2D eigenvalue weighted by Crippen LogP contribution is 2.22. The summed E-state index contributed by atoms with van der Waals surface area (Å²) in [6, 6.07) is 23.3. The molecule has 2 amide bonds. The summed E-state index contributed by atoms with van der Waals surface area (Å²) in [6.07, 6.45) is 0.675. The number of ketones is 1. The summed E-state index contributed by atoms with van der Waals surface area (Å²) >= 11 is 0. The third kappa shape index (κ3) is 4.94. The van der Waals surface area contributed by atoms with Crippen LogP contribution in [0.5, 0.6) is 0 Å². The summed E-state index contributed by atoms with van der Waals surface area (Å²) in [5, 5.41) is 0. The van der Waals surface area contributed by atoms with Crippen molar-refractivity contribution in [3.8, 4) is 0 Å². The number of hydrogen-bond acceptors (Lipinski definition) is 3. The van der Waals surface area contributed by atoms with Crippen molar-refractivity contribution in [1.29, 1.82) is 0 Å². The predicted molar refractivity (Wildman–Crippen MR) is 129 cm³/mol. The van der Waals surface area contributed by atoms with E-state index in [1.54, 1.807) is 32.3 Å². The van der Waals surface area contributed by atoms with E-state index < -0.39 is 0 Å². The topological polar surface area (TPSA) is 57.7 Å². The largest absolute Gasteiger partial charge is 0.311 e. The SMILES string of the molecule is CCC(C)C(=O)c1cc(C(=O)N(C)c2ccccc2)cc(C(=O)N(C)c2ccccc2)c1. The van der Waals surface area contributed by atoms with Crippen molar-refractivity contribution in [3.63, 3.8) is 0 Å². The van der Waals surface area contributed by atoms with Crippen molar-refractivity contribution in [2.75, 3.05) is 23.9 Å². The summed E-state index contributed by atoms with van der Waals surface area (Å²) < 4.78 is 0. The lowest BCUT2D eigenvalue weighted by Crippen LogP contribution is -2.29. The van der Waals surface area contributed by atoms with Crippen LogP contribution in [0.15, 0.2) is 78.9 Å². The highest BCUT2D eigenvalue weighted by Gasteiger charge is 2.23. The zero-order valence-corrected chi connectivity index (χ0v) is 18.9. The van der Waals surface area contributed by atoms with Gasteiger partial charge in [0, 0.05) is 48.1 Å². The molecule has 0 N–H and O–H groups in total. The minimum absolute atomic E-state index is 0.0825. The number of amides is 2. The molecule has 0 aliphatic carbocycles. The van der Waals surface area contributed by atoms with E-state index in [1.165, 1.54) is 9.80 Å². The summed E-state index contributed by atoms with van der Waals surface area (Å²) in [5.74, 6) is -0.860. The van der Waals surface area contributed by atoms with Gasteiger partial charge in [0.05, 0.1) is 0 Å². The molecule has 0 spiro atoms. The monoisotopic (exact) mass is 428 g/mol. The number of rotatable bonds is 7. The molecule has 5 nitrogen and oxygen atoms in total. The second kappa shape index (κ2) is 10.1. The molecule has 0 fully saturated rings. The van der Waals surface area contributed by atoms with Gasteiger partial charge in [-0.05, 0) is 48.9 Å². The van der Waals surface area contributed by atoms with Gasteiger partial charge in [-0.1, -0.05) is 50.2 Å². The van der Waals surface area contributed by atoms with Crippen LogP contribution in [-0.4, -0.2) is 31.7 Å². The van der Waals surface area contributed by atoms with Gasteiger partial charge in [-0.2, -0.15) is 0 Å². The van der Waals surface area contributed by atoms with Crippen molar-refractivity contribution in [2.45, 2.75) is 20.3 Å². The smallest absolute Gasteiger partial charge is 0.258 e. The van der Waals surface area contributed by atoms with E-state index in [0.29, 0.717) is 23.1 Å². The first-order valence-electron chi connectivity index (χ1n) is 10.7. The zero-order valence-electron chi connectivity index (χ0n) is 18.9.